The molecule has 0 amide bonds. The maximum atomic E-state index is 13.8. The number of amidine groups is 1. The number of ether oxygens (including phenoxy) is 2. The van der Waals surface area contributed by atoms with E-state index in [0.29, 0.717) is 48.4 Å². The second-order valence-electron chi connectivity index (χ2n) is 7.50. The molecule has 9 nitrogen and oxygen atoms in total. The number of hydrogen-bond acceptors (Lipinski definition) is 9. The van der Waals surface area contributed by atoms with Gasteiger partial charge in [0, 0.05) is 43.3 Å². The normalized spacial score (nSPS) is 20.0. The summed E-state index contributed by atoms with van der Waals surface area (Å²) in [6, 6.07) is 0. The zero-order chi connectivity index (χ0) is 23.1. The van der Waals surface area contributed by atoms with Gasteiger partial charge in [-0.3, -0.25) is 14.7 Å². The number of esters is 1. The Hall–Kier alpha value is -2.44. The zero-order valence-corrected chi connectivity index (χ0v) is 18.5. The number of carboxylic acid groups (broad SMARTS) is 1. The molecular weight excluding hydrogens is 446 g/mol. The lowest BCUT2D eigenvalue weighted by Gasteiger charge is -2.35. The Labute approximate surface area is 188 Å². The Morgan fingerprint density at radius 3 is 2.97 bits per heavy atom. The first-order valence-electron chi connectivity index (χ1n) is 10.3. The number of hydrogen-bond donors (Lipinski definition) is 2. The number of morpholine rings is 1. The highest BCUT2D eigenvalue weighted by Gasteiger charge is 2.34. The van der Waals surface area contributed by atoms with Gasteiger partial charge in [0.25, 0.3) is 5.92 Å². The van der Waals surface area contributed by atoms with Gasteiger partial charge in [0.1, 0.15) is 6.42 Å². The number of nitrogens with zero attached hydrogens (tertiary/aromatic N) is 3. The number of thiazole rings is 1. The number of carboxylic acids is 1. The second kappa shape index (κ2) is 10.9. The Morgan fingerprint density at radius 1 is 1.47 bits per heavy atom. The molecule has 1 aromatic rings. The van der Waals surface area contributed by atoms with E-state index in [1.54, 1.807) is 13.1 Å². The van der Waals surface area contributed by atoms with Crippen molar-refractivity contribution < 1.29 is 33.0 Å². The molecule has 1 atom stereocenters. The number of aliphatic carboxylic acids is 1. The van der Waals surface area contributed by atoms with Crippen molar-refractivity contribution in [2.24, 2.45) is 4.99 Å². The molecule has 0 spiro atoms. The standard InChI is InChI=1S/C20H26F2N4O5S/c1-2-30-19(29)14-10-24-17(18-23-5-8-32-18)25-15(14)12-26-6-7-31-13(11-26)3-4-20(21,22)9-16(27)28/h5,8,13H,2-4,6-7,9-12H2,1H3,(H,24,25)(H,27,28)/t13-/m1/s1. The first-order chi connectivity index (χ1) is 15.3. The average molecular weight is 473 g/mol. The van der Waals surface area contributed by atoms with E-state index in [9.17, 15) is 18.4 Å². The fraction of sp³-hybridized carbons (Fsp3) is 0.600. The van der Waals surface area contributed by atoms with Gasteiger partial charge in [-0.15, -0.1) is 11.3 Å². The van der Waals surface area contributed by atoms with Gasteiger partial charge in [-0.2, -0.15) is 0 Å². The number of halogens is 2. The third kappa shape index (κ3) is 6.78. The number of rotatable bonds is 10. The Balaban J connectivity index is 1.65. The molecule has 2 N–H and O–H groups in total. The van der Waals surface area contributed by atoms with E-state index in [-0.39, 0.29) is 19.6 Å². The summed E-state index contributed by atoms with van der Waals surface area (Å²) in [7, 11) is 0. The predicted molar refractivity (Wildman–Crippen MR) is 113 cm³/mol. The van der Waals surface area contributed by atoms with Gasteiger partial charge in [-0.05, 0) is 13.3 Å². The van der Waals surface area contributed by atoms with Crippen molar-refractivity contribution >= 4 is 29.1 Å². The van der Waals surface area contributed by atoms with Crippen LogP contribution in [0.15, 0.2) is 27.8 Å². The molecule has 0 radical (unpaired) electrons. The molecule has 176 valence electrons. The SMILES string of the molecule is CCOC(=O)C1=C(CN2CCO[C@H](CCC(F)(F)CC(=O)O)C2)NC(c2nccs2)=NC1. The van der Waals surface area contributed by atoms with Crippen LogP contribution < -0.4 is 5.32 Å². The van der Waals surface area contributed by atoms with Gasteiger partial charge in [-0.1, -0.05) is 0 Å². The summed E-state index contributed by atoms with van der Waals surface area (Å²) >= 11 is 1.42. The summed E-state index contributed by atoms with van der Waals surface area (Å²) in [5.74, 6) is -4.68. The van der Waals surface area contributed by atoms with Crippen LogP contribution in [0.2, 0.25) is 0 Å². The van der Waals surface area contributed by atoms with Crippen LogP contribution in [0.1, 0.15) is 31.2 Å². The number of nitrogens with one attached hydrogen (secondary N) is 1. The van der Waals surface area contributed by atoms with Crippen molar-refractivity contribution in [2.45, 2.75) is 38.2 Å². The Bertz CT molecular complexity index is 875. The highest BCUT2D eigenvalue weighted by molar-refractivity contribution is 7.11. The van der Waals surface area contributed by atoms with Crippen LogP contribution in [-0.4, -0.2) is 84.2 Å². The van der Waals surface area contributed by atoms with Crippen molar-refractivity contribution in [3.63, 3.8) is 0 Å². The monoisotopic (exact) mass is 472 g/mol. The molecule has 3 rings (SSSR count). The molecule has 3 heterocycles. The number of aliphatic imine (C=N–C) groups is 1. The zero-order valence-electron chi connectivity index (χ0n) is 17.7. The lowest BCUT2D eigenvalue weighted by Crippen LogP contribution is -2.46. The number of carbonyl (C=O) groups is 2. The van der Waals surface area contributed by atoms with Crippen LogP contribution in [0.3, 0.4) is 0 Å². The third-order valence-corrected chi connectivity index (χ3v) is 5.81. The van der Waals surface area contributed by atoms with Crippen molar-refractivity contribution in [3.05, 3.63) is 27.9 Å². The minimum atomic E-state index is -3.28. The minimum Gasteiger partial charge on any atom is -0.481 e. The first-order valence-corrected chi connectivity index (χ1v) is 11.2. The molecule has 1 aromatic heterocycles. The lowest BCUT2D eigenvalue weighted by atomic mass is 10.0. The highest BCUT2D eigenvalue weighted by atomic mass is 32.1. The molecule has 0 aromatic carbocycles. The predicted octanol–water partition coefficient (Wildman–Crippen LogP) is 1.90. The van der Waals surface area contributed by atoms with Gasteiger partial charge in [0.05, 0.1) is 31.4 Å². The van der Waals surface area contributed by atoms with Crippen LogP contribution in [0, 0.1) is 0 Å². The summed E-state index contributed by atoms with van der Waals surface area (Å²) in [5, 5.41) is 14.3. The smallest absolute Gasteiger partial charge is 0.337 e. The minimum absolute atomic E-state index is 0.0415. The largest absolute Gasteiger partial charge is 0.481 e. The molecule has 0 aliphatic carbocycles. The van der Waals surface area contributed by atoms with Crippen molar-refractivity contribution in [1.82, 2.24) is 15.2 Å². The van der Waals surface area contributed by atoms with E-state index in [0.717, 1.165) is 0 Å². The Kier molecular flexibility index (Phi) is 8.26. The number of aromatic nitrogens is 1. The van der Waals surface area contributed by atoms with Crippen LogP contribution in [0.5, 0.6) is 0 Å². The topological polar surface area (TPSA) is 113 Å². The Morgan fingerprint density at radius 2 is 2.28 bits per heavy atom. The van der Waals surface area contributed by atoms with E-state index < -0.39 is 36.8 Å². The maximum absolute atomic E-state index is 13.8. The maximum Gasteiger partial charge on any atom is 0.337 e. The molecule has 2 aliphatic rings. The summed E-state index contributed by atoms with van der Waals surface area (Å²) < 4.78 is 38.3. The van der Waals surface area contributed by atoms with Gasteiger partial charge in [0.2, 0.25) is 0 Å². The van der Waals surface area contributed by atoms with Gasteiger partial charge in [-0.25, -0.2) is 18.6 Å². The van der Waals surface area contributed by atoms with Crippen molar-refractivity contribution in [3.8, 4) is 0 Å². The van der Waals surface area contributed by atoms with E-state index in [1.807, 2.05) is 10.3 Å². The fourth-order valence-corrected chi connectivity index (χ4v) is 4.12. The third-order valence-electron chi connectivity index (χ3n) is 5.03. The van der Waals surface area contributed by atoms with Crippen LogP contribution in [0.25, 0.3) is 0 Å². The summed E-state index contributed by atoms with van der Waals surface area (Å²) in [6.45, 7) is 3.79. The summed E-state index contributed by atoms with van der Waals surface area (Å²) in [6.07, 6.45) is -0.498. The van der Waals surface area contributed by atoms with Crippen molar-refractivity contribution in [1.29, 1.82) is 0 Å². The average Bonchev–Trinajstić information content (AvgIpc) is 3.27. The van der Waals surface area contributed by atoms with Crippen molar-refractivity contribution in [2.75, 3.05) is 39.4 Å². The molecule has 0 bridgehead atoms. The van der Waals surface area contributed by atoms with Crippen LogP contribution >= 0.6 is 11.3 Å². The summed E-state index contributed by atoms with van der Waals surface area (Å²) in [5.41, 5.74) is 1.06. The van der Waals surface area contributed by atoms with E-state index in [1.165, 1.54) is 11.3 Å². The molecule has 0 unspecified atom stereocenters. The molecule has 32 heavy (non-hydrogen) atoms. The molecule has 12 heteroatoms. The summed E-state index contributed by atoms with van der Waals surface area (Å²) in [4.78, 5) is 33.7. The van der Waals surface area contributed by atoms with Crippen LogP contribution in [0.4, 0.5) is 8.78 Å². The molecule has 1 fully saturated rings. The quantitative estimate of drug-likeness (QED) is 0.497. The lowest BCUT2D eigenvalue weighted by molar-refractivity contribution is -0.146. The van der Waals surface area contributed by atoms with Gasteiger partial charge < -0.3 is 19.9 Å². The fourth-order valence-electron chi connectivity index (χ4n) is 3.52. The molecule has 1 saturated heterocycles. The first kappa shape index (κ1) is 24.2. The number of carbonyl (C=O) groups excluding carboxylic acids is 1. The van der Waals surface area contributed by atoms with E-state index >= 15 is 0 Å². The van der Waals surface area contributed by atoms with Crippen LogP contribution in [-0.2, 0) is 19.1 Å². The van der Waals surface area contributed by atoms with E-state index in [4.69, 9.17) is 14.6 Å². The van der Waals surface area contributed by atoms with Gasteiger partial charge >= 0.3 is 11.9 Å². The highest BCUT2D eigenvalue weighted by Crippen LogP contribution is 2.27. The molecular formula is C20H26F2N4O5S. The molecule has 0 saturated carbocycles. The second-order valence-corrected chi connectivity index (χ2v) is 8.39. The molecule has 2 aliphatic heterocycles. The van der Waals surface area contributed by atoms with Gasteiger partial charge in [0.15, 0.2) is 10.8 Å². The number of alkyl halides is 2. The van der Waals surface area contributed by atoms with E-state index in [2.05, 4.69) is 15.3 Å².